The van der Waals surface area contributed by atoms with Crippen molar-refractivity contribution in [2.24, 2.45) is 0 Å². The molecule has 0 amide bonds. The van der Waals surface area contributed by atoms with Gasteiger partial charge in [0.2, 0.25) is 0 Å². The first-order valence-corrected chi connectivity index (χ1v) is 8.62. The molecule has 2 aromatic rings. The molecule has 0 aliphatic rings. The predicted octanol–water partition coefficient (Wildman–Crippen LogP) is 5.34. The Morgan fingerprint density at radius 1 is 0.857 bits per heavy atom. The van der Waals surface area contributed by atoms with Gasteiger partial charge in [-0.25, -0.2) is 0 Å². The molecule has 1 heterocycles. The van der Waals surface area contributed by atoms with E-state index < -0.39 is 0 Å². The third kappa shape index (κ3) is 4.83. The molecule has 0 saturated heterocycles. The van der Waals surface area contributed by atoms with Gasteiger partial charge in [0.1, 0.15) is 11.0 Å². The molecule has 1 aromatic carbocycles. The van der Waals surface area contributed by atoms with Gasteiger partial charge in [-0.05, 0) is 37.0 Å². The van der Waals surface area contributed by atoms with E-state index in [9.17, 15) is 0 Å². The Kier molecular flexibility index (Phi) is 6.71. The van der Waals surface area contributed by atoms with Crippen LogP contribution < -0.4 is 0 Å². The molecule has 1 N–H and O–H groups in total. The standard InChI is InChI=1S/C18H29N3/c1-3-4-5-6-7-8-9-10-11-12-16-15(2)13-14-17-18(16)20-21-19-17/h13-14H,3-12H2,1-2H3,(H,19,20,21). The quantitative estimate of drug-likeness (QED) is 0.599. The Labute approximate surface area is 128 Å². The van der Waals surface area contributed by atoms with Gasteiger partial charge in [0.25, 0.3) is 0 Å². The molecule has 2 rings (SSSR count). The zero-order valence-corrected chi connectivity index (χ0v) is 13.6. The summed E-state index contributed by atoms with van der Waals surface area (Å²) < 4.78 is 0. The van der Waals surface area contributed by atoms with E-state index in [1.54, 1.807) is 0 Å². The van der Waals surface area contributed by atoms with Crippen molar-refractivity contribution in [3.8, 4) is 0 Å². The van der Waals surface area contributed by atoms with Gasteiger partial charge in [-0.3, -0.25) is 0 Å². The molecule has 3 heteroatoms. The lowest BCUT2D eigenvalue weighted by Gasteiger charge is -2.06. The number of aryl methyl sites for hydroxylation is 2. The van der Waals surface area contributed by atoms with Crippen LogP contribution in [0.2, 0.25) is 0 Å². The number of H-pyrrole nitrogens is 1. The van der Waals surface area contributed by atoms with E-state index in [1.165, 1.54) is 68.9 Å². The summed E-state index contributed by atoms with van der Waals surface area (Å²) in [6.45, 7) is 4.45. The Morgan fingerprint density at radius 2 is 1.52 bits per heavy atom. The summed E-state index contributed by atoms with van der Waals surface area (Å²) in [4.78, 5) is 0. The van der Waals surface area contributed by atoms with Crippen molar-refractivity contribution >= 4 is 11.0 Å². The highest BCUT2D eigenvalue weighted by molar-refractivity contribution is 5.78. The smallest absolute Gasteiger partial charge is 0.116 e. The summed E-state index contributed by atoms with van der Waals surface area (Å²) in [7, 11) is 0. The molecule has 0 spiro atoms. The van der Waals surface area contributed by atoms with Crippen LogP contribution in [0.1, 0.15) is 75.8 Å². The predicted molar refractivity (Wildman–Crippen MR) is 89.6 cm³/mol. The van der Waals surface area contributed by atoms with Crippen LogP contribution in [-0.2, 0) is 6.42 Å². The summed E-state index contributed by atoms with van der Waals surface area (Å²) in [5, 5.41) is 11.2. The molecule has 0 aliphatic heterocycles. The van der Waals surface area contributed by atoms with Crippen molar-refractivity contribution in [2.45, 2.75) is 78.1 Å². The van der Waals surface area contributed by atoms with Crippen molar-refractivity contribution < 1.29 is 0 Å². The van der Waals surface area contributed by atoms with Crippen LogP contribution in [0.25, 0.3) is 11.0 Å². The molecule has 0 saturated carbocycles. The molecule has 0 atom stereocenters. The summed E-state index contributed by atoms with van der Waals surface area (Å²) in [5.41, 5.74) is 4.78. The van der Waals surface area contributed by atoms with Gasteiger partial charge in [0.05, 0.1) is 0 Å². The molecular formula is C18H29N3. The summed E-state index contributed by atoms with van der Waals surface area (Å²) in [6, 6.07) is 4.21. The minimum Gasteiger partial charge on any atom is -0.197 e. The second kappa shape index (κ2) is 8.81. The zero-order valence-electron chi connectivity index (χ0n) is 13.6. The number of unbranched alkanes of at least 4 members (excludes halogenated alkanes) is 8. The molecule has 0 bridgehead atoms. The van der Waals surface area contributed by atoms with E-state index in [4.69, 9.17) is 0 Å². The lowest BCUT2D eigenvalue weighted by atomic mass is 9.99. The van der Waals surface area contributed by atoms with Crippen molar-refractivity contribution in [3.63, 3.8) is 0 Å². The Morgan fingerprint density at radius 3 is 2.24 bits per heavy atom. The van der Waals surface area contributed by atoms with Crippen LogP contribution >= 0.6 is 0 Å². The van der Waals surface area contributed by atoms with Crippen molar-refractivity contribution in [2.75, 3.05) is 0 Å². The number of nitrogens with zero attached hydrogens (tertiary/aromatic N) is 2. The van der Waals surface area contributed by atoms with Gasteiger partial charge >= 0.3 is 0 Å². The molecule has 1 aromatic heterocycles. The Bertz CT molecular complexity index is 530. The minimum atomic E-state index is 0.992. The first-order chi connectivity index (χ1) is 10.3. The van der Waals surface area contributed by atoms with E-state index >= 15 is 0 Å². The molecule has 0 fully saturated rings. The second-order valence-corrected chi connectivity index (χ2v) is 6.13. The highest BCUT2D eigenvalue weighted by Crippen LogP contribution is 2.21. The van der Waals surface area contributed by atoms with Crippen LogP contribution in [0.5, 0.6) is 0 Å². The van der Waals surface area contributed by atoms with Crippen LogP contribution in [-0.4, -0.2) is 15.4 Å². The van der Waals surface area contributed by atoms with E-state index in [2.05, 4.69) is 35.3 Å². The van der Waals surface area contributed by atoms with E-state index in [1.807, 2.05) is 6.07 Å². The van der Waals surface area contributed by atoms with Gasteiger partial charge in [-0.1, -0.05) is 64.4 Å². The highest BCUT2D eigenvalue weighted by atomic mass is 15.3. The number of hydrogen-bond acceptors (Lipinski definition) is 2. The molecule has 0 aliphatic carbocycles. The van der Waals surface area contributed by atoms with Gasteiger partial charge in [0.15, 0.2) is 0 Å². The van der Waals surface area contributed by atoms with Gasteiger partial charge < -0.3 is 0 Å². The van der Waals surface area contributed by atoms with Crippen molar-refractivity contribution in [3.05, 3.63) is 23.3 Å². The largest absolute Gasteiger partial charge is 0.197 e. The lowest BCUT2D eigenvalue weighted by Crippen LogP contribution is -1.92. The maximum Gasteiger partial charge on any atom is 0.116 e. The highest BCUT2D eigenvalue weighted by Gasteiger charge is 2.07. The minimum absolute atomic E-state index is 0.992. The fraction of sp³-hybridized carbons (Fsp3) is 0.667. The number of aromatic amines is 1. The number of nitrogens with one attached hydrogen (secondary N) is 1. The Balaban J connectivity index is 1.66. The number of benzene rings is 1. The molecule has 116 valence electrons. The number of rotatable bonds is 10. The number of aromatic nitrogens is 3. The average molecular weight is 287 g/mol. The zero-order chi connectivity index (χ0) is 14.9. The molecule has 0 unspecified atom stereocenters. The monoisotopic (exact) mass is 287 g/mol. The number of fused-ring (bicyclic) bond motifs is 1. The van der Waals surface area contributed by atoms with Crippen LogP contribution in [0.4, 0.5) is 0 Å². The number of hydrogen-bond donors (Lipinski definition) is 1. The van der Waals surface area contributed by atoms with Crippen LogP contribution in [0, 0.1) is 6.92 Å². The molecule has 3 nitrogen and oxygen atoms in total. The first kappa shape index (κ1) is 16.0. The van der Waals surface area contributed by atoms with Crippen LogP contribution in [0.15, 0.2) is 12.1 Å². The molecule has 21 heavy (non-hydrogen) atoms. The third-order valence-electron chi connectivity index (χ3n) is 4.36. The SMILES string of the molecule is CCCCCCCCCCCc1c(C)ccc2n[nH]nc12. The summed E-state index contributed by atoms with van der Waals surface area (Å²) >= 11 is 0. The van der Waals surface area contributed by atoms with Crippen molar-refractivity contribution in [1.82, 2.24) is 15.4 Å². The third-order valence-corrected chi connectivity index (χ3v) is 4.36. The maximum absolute atomic E-state index is 4.30. The van der Waals surface area contributed by atoms with Crippen LogP contribution in [0.3, 0.4) is 0 Å². The first-order valence-electron chi connectivity index (χ1n) is 8.62. The second-order valence-electron chi connectivity index (χ2n) is 6.13. The summed E-state index contributed by atoms with van der Waals surface area (Å²) in [6.07, 6.45) is 13.5. The molecule has 0 radical (unpaired) electrons. The van der Waals surface area contributed by atoms with Gasteiger partial charge in [-0.15, -0.1) is 0 Å². The summed E-state index contributed by atoms with van der Waals surface area (Å²) in [5.74, 6) is 0. The van der Waals surface area contributed by atoms with Gasteiger partial charge in [-0.2, -0.15) is 15.4 Å². The van der Waals surface area contributed by atoms with E-state index in [-0.39, 0.29) is 0 Å². The van der Waals surface area contributed by atoms with E-state index in [0.29, 0.717) is 0 Å². The fourth-order valence-electron chi connectivity index (χ4n) is 3.00. The Hall–Kier alpha value is -1.38. The maximum atomic E-state index is 4.30. The molecular weight excluding hydrogens is 258 g/mol. The average Bonchev–Trinajstić information content (AvgIpc) is 2.96. The van der Waals surface area contributed by atoms with Gasteiger partial charge in [0, 0.05) is 0 Å². The normalized spacial score (nSPS) is 11.3. The fourth-order valence-corrected chi connectivity index (χ4v) is 3.00. The topological polar surface area (TPSA) is 41.6 Å². The van der Waals surface area contributed by atoms with Crippen molar-refractivity contribution in [1.29, 1.82) is 0 Å². The van der Waals surface area contributed by atoms with E-state index in [0.717, 1.165) is 17.5 Å². The lowest BCUT2D eigenvalue weighted by molar-refractivity contribution is 0.565.